The number of nitrogens with zero attached hydrogens (tertiary/aromatic N) is 4. The number of carbonyl (C=O) groups is 1. The van der Waals surface area contributed by atoms with Crippen molar-refractivity contribution < 1.29 is 9.53 Å². The summed E-state index contributed by atoms with van der Waals surface area (Å²) in [5.41, 5.74) is 2.01. The normalized spacial score (nSPS) is 10.8. The van der Waals surface area contributed by atoms with Crippen molar-refractivity contribution in [2.45, 2.75) is 0 Å². The summed E-state index contributed by atoms with van der Waals surface area (Å²) in [5.74, 6) is 0.258. The summed E-state index contributed by atoms with van der Waals surface area (Å²) in [6.45, 7) is 0. The Hall–Kier alpha value is -2.78. The lowest BCUT2D eigenvalue weighted by molar-refractivity contribution is 0.102. The molecule has 0 unspecified atom stereocenters. The Morgan fingerprint density at radius 2 is 2.15 bits per heavy atom. The van der Waals surface area contributed by atoms with Gasteiger partial charge in [-0.3, -0.25) is 4.79 Å². The van der Waals surface area contributed by atoms with Crippen LogP contribution in [-0.4, -0.2) is 32.8 Å². The number of amides is 1. The molecule has 0 radical (unpaired) electrons. The molecule has 130 valence electrons. The number of carbonyl (C=O) groups excluding carboxylic acids is 1. The summed E-state index contributed by atoms with van der Waals surface area (Å²) in [7, 11) is 1.54. The Balaban J connectivity index is 1.62. The lowest BCUT2D eigenvalue weighted by Crippen LogP contribution is -2.13. The summed E-state index contributed by atoms with van der Waals surface area (Å²) in [4.78, 5) is 13.4. The first-order chi connectivity index (χ1) is 12.6. The van der Waals surface area contributed by atoms with Gasteiger partial charge in [-0.2, -0.15) is 9.61 Å². The van der Waals surface area contributed by atoms with Gasteiger partial charge in [0.15, 0.2) is 0 Å². The zero-order valence-corrected chi connectivity index (χ0v) is 15.9. The highest BCUT2D eigenvalue weighted by Crippen LogP contribution is 2.28. The number of halogens is 1. The molecule has 1 amide bonds. The second-order valence-corrected chi connectivity index (χ2v) is 7.22. The highest BCUT2D eigenvalue weighted by molar-refractivity contribution is 9.10. The quantitative estimate of drug-likeness (QED) is 0.532. The largest absolute Gasteiger partial charge is 0.496 e. The highest BCUT2D eigenvalue weighted by atomic mass is 79.9. The van der Waals surface area contributed by atoms with E-state index in [0.29, 0.717) is 22.0 Å². The van der Waals surface area contributed by atoms with Crippen molar-refractivity contribution in [1.82, 2.24) is 19.8 Å². The van der Waals surface area contributed by atoms with Gasteiger partial charge in [-0.15, -0.1) is 10.2 Å². The fourth-order valence-electron chi connectivity index (χ4n) is 2.46. The Labute approximate surface area is 160 Å². The molecule has 0 saturated heterocycles. The number of aromatic nitrogens is 4. The van der Waals surface area contributed by atoms with Crippen LogP contribution in [0.25, 0.3) is 15.5 Å². The zero-order chi connectivity index (χ0) is 18.1. The van der Waals surface area contributed by atoms with E-state index in [9.17, 15) is 4.79 Å². The summed E-state index contributed by atoms with van der Waals surface area (Å²) in [6.07, 6.45) is 1.56. The van der Waals surface area contributed by atoms with Crippen LogP contribution in [0.1, 0.15) is 10.4 Å². The van der Waals surface area contributed by atoms with Crippen molar-refractivity contribution in [3.8, 4) is 16.3 Å². The maximum atomic E-state index is 12.6. The van der Waals surface area contributed by atoms with Crippen LogP contribution >= 0.6 is 27.3 Å². The molecule has 0 fully saturated rings. The monoisotopic (exact) mass is 429 g/mol. The van der Waals surface area contributed by atoms with Crippen molar-refractivity contribution >= 4 is 43.8 Å². The van der Waals surface area contributed by atoms with Crippen LogP contribution in [0.5, 0.6) is 5.75 Å². The van der Waals surface area contributed by atoms with Gasteiger partial charge in [-0.1, -0.05) is 39.4 Å². The summed E-state index contributed by atoms with van der Waals surface area (Å²) < 4.78 is 7.70. The molecule has 0 saturated carbocycles. The van der Waals surface area contributed by atoms with E-state index in [2.05, 4.69) is 36.5 Å². The van der Waals surface area contributed by atoms with Crippen molar-refractivity contribution in [1.29, 1.82) is 0 Å². The summed E-state index contributed by atoms with van der Waals surface area (Å²) >= 11 is 4.81. The SMILES string of the molecule is COc1ccc(Br)cc1C(=O)Nc1cccc(-c2nn3cnnc3s2)c1. The smallest absolute Gasteiger partial charge is 0.259 e. The Bertz CT molecular complexity index is 1080. The number of benzene rings is 2. The van der Waals surface area contributed by atoms with Crippen LogP contribution in [0.3, 0.4) is 0 Å². The molecule has 0 aliphatic rings. The third-order valence-corrected chi connectivity index (χ3v) is 5.12. The van der Waals surface area contributed by atoms with E-state index in [1.54, 1.807) is 23.0 Å². The van der Waals surface area contributed by atoms with Crippen LogP contribution in [0, 0.1) is 0 Å². The predicted molar refractivity (Wildman–Crippen MR) is 103 cm³/mol. The first-order valence-corrected chi connectivity index (χ1v) is 9.17. The standard InChI is InChI=1S/C17H12BrN5O2S/c1-25-14-6-5-11(18)8-13(14)15(24)20-12-4-2-3-10(7-12)16-22-23-9-19-21-17(23)26-16/h2-9H,1H3,(H,20,24). The van der Waals surface area contributed by atoms with Gasteiger partial charge >= 0.3 is 0 Å². The minimum Gasteiger partial charge on any atom is -0.496 e. The molecule has 0 aliphatic heterocycles. The van der Waals surface area contributed by atoms with E-state index < -0.39 is 0 Å². The average Bonchev–Trinajstić information content (AvgIpc) is 3.24. The van der Waals surface area contributed by atoms with E-state index in [1.165, 1.54) is 18.4 Å². The molecule has 0 bridgehead atoms. The predicted octanol–water partition coefficient (Wildman–Crippen LogP) is 3.88. The molecule has 0 aliphatic carbocycles. The van der Waals surface area contributed by atoms with Crippen LogP contribution < -0.4 is 10.1 Å². The molecule has 2 aromatic heterocycles. The van der Waals surface area contributed by atoms with Crippen molar-refractivity contribution in [3.63, 3.8) is 0 Å². The van der Waals surface area contributed by atoms with Gasteiger partial charge in [0.05, 0.1) is 12.7 Å². The summed E-state index contributed by atoms with van der Waals surface area (Å²) in [6, 6.07) is 12.8. The second-order valence-electron chi connectivity index (χ2n) is 5.34. The van der Waals surface area contributed by atoms with Crippen molar-refractivity contribution in [2.75, 3.05) is 12.4 Å². The number of ether oxygens (including phenoxy) is 1. The molecule has 0 spiro atoms. The topological polar surface area (TPSA) is 81.4 Å². The van der Waals surface area contributed by atoms with Crippen LogP contribution in [-0.2, 0) is 0 Å². The van der Waals surface area contributed by atoms with Gasteiger partial charge in [0.25, 0.3) is 5.91 Å². The van der Waals surface area contributed by atoms with Gasteiger partial charge in [0.2, 0.25) is 4.96 Å². The van der Waals surface area contributed by atoms with Crippen LogP contribution in [0.4, 0.5) is 5.69 Å². The minimum absolute atomic E-state index is 0.251. The maximum Gasteiger partial charge on any atom is 0.259 e. The highest BCUT2D eigenvalue weighted by Gasteiger charge is 2.14. The van der Waals surface area contributed by atoms with Crippen molar-refractivity contribution in [2.24, 2.45) is 0 Å². The number of anilines is 1. The second kappa shape index (κ2) is 6.85. The van der Waals surface area contributed by atoms with Gasteiger partial charge in [-0.25, -0.2) is 0 Å². The number of rotatable bonds is 4. The van der Waals surface area contributed by atoms with E-state index in [1.807, 2.05) is 30.3 Å². The molecule has 4 rings (SSSR count). The third kappa shape index (κ3) is 3.18. The maximum absolute atomic E-state index is 12.6. The van der Waals surface area contributed by atoms with E-state index in [-0.39, 0.29) is 5.91 Å². The van der Waals surface area contributed by atoms with Crippen molar-refractivity contribution in [3.05, 3.63) is 58.8 Å². The average molecular weight is 430 g/mol. The first kappa shape index (κ1) is 16.7. The zero-order valence-electron chi connectivity index (χ0n) is 13.5. The molecule has 26 heavy (non-hydrogen) atoms. The van der Waals surface area contributed by atoms with E-state index in [0.717, 1.165) is 15.0 Å². The molecular weight excluding hydrogens is 418 g/mol. The van der Waals surface area contributed by atoms with Crippen LogP contribution in [0.2, 0.25) is 0 Å². The van der Waals surface area contributed by atoms with Gasteiger partial charge < -0.3 is 10.1 Å². The number of nitrogens with one attached hydrogen (secondary N) is 1. The molecule has 1 N–H and O–H groups in total. The molecule has 9 heteroatoms. The fourth-order valence-corrected chi connectivity index (χ4v) is 3.64. The number of methoxy groups -OCH3 is 1. The molecule has 2 heterocycles. The lowest BCUT2D eigenvalue weighted by Gasteiger charge is -2.10. The number of hydrogen-bond acceptors (Lipinski definition) is 6. The number of fused-ring (bicyclic) bond motifs is 1. The van der Waals surface area contributed by atoms with Gasteiger partial charge in [-0.05, 0) is 30.3 Å². The molecular formula is C17H12BrN5O2S. The molecule has 4 aromatic rings. The molecule has 7 nitrogen and oxygen atoms in total. The fraction of sp³-hybridized carbons (Fsp3) is 0.0588. The lowest BCUT2D eigenvalue weighted by atomic mass is 10.1. The first-order valence-electron chi connectivity index (χ1n) is 7.56. The Morgan fingerprint density at radius 1 is 1.27 bits per heavy atom. The van der Waals surface area contributed by atoms with E-state index >= 15 is 0 Å². The summed E-state index contributed by atoms with van der Waals surface area (Å²) in [5, 5.41) is 15.9. The Morgan fingerprint density at radius 3 is 2.96 bits per heavy atom. The minimum atomic E-state index is -0.251. The number of hydrogen-bond donors (Lipinski definition) is 1. The molecule has 2 aromatic carbocycles. The molecule has 0 atom stereocenters. The van der Waals surface area contributed by atoms with E-state index in [4.69, 9.17) is 4.74 Å². The third-order valence-electron chi connectivity index (χ3n) is 3.66. The Kier molecular flexibility index (Phi) is 4.39. The van der Waals surface area contributed by atoms with Crippen LogP contribution in [0.15, 0.2) is 53.3 Å². The van der Waals surface area contributed by atoms with Gasteiger partial charge in [0, 0.05) is 15.7 Å². The van der Waals surface area contributed by atoms with Gasteiger partial charge in [0.1, 0.15) is 17.1 Å².